The van der Waals surface area contributed by atoms with Crippen molar-refractivity contribution in [2.45, 2.75) is 76.4 Å². The smallest absolute Gasteiger partial charge is 0.0113 e. The third-order valence-corrected chi connectivity index (χ3v) is 5.81. The Kier molecular flexibility index (Phi) is 3.95. The second kappa shape index (κ2) is 5.50. The molecule has 2 saturated heterocycles. The molecule has 2 aliphatic heterocycles. The van der Waals surface area contributed by atoms with Gasteiger partial charge in [-0.1, -0.05) is 19.8 Å². The summed E-state index contributed by atoms with van der Waals surface area (Å²) in [6.45, 7) is 3.85. The lowest BCUT2D eigenvalue weighted by atomic mass is 9.81. The Morgan fingerprint density at radius 2 is 1.72 bits per heavy atom. The molecule has 4 unspecified atom stereocenters. The van der Waals surface area contributed by atoms with E-state index in [1.54, 1.807) is 0 Å². The molecule has 1 N–H and O–H groups in total. The fourth-order valence-corrected chi connectivity index (χ4v) is 4.80. The lowest BCUT2D eigenvalue weighted by Crippen LogP contribution is -2.56. The summed E-state index contributed by atoms with van der Waals surface area (Å²) in [4.78, 5) is 2.92. The molecule has 4 atom stereocenters. The Bertz CT molecular complexity index is 264. The van der Waals surface area contributed by atoms with Gasteiger partial charge in [0.05, 0.1) is 0 Å². The minimum absolute atomic E-state index is 0.791. The zero-order valence-corrected chi connectivity index (χ0v) is 12.2. The minimum Gasteiger partial charge on any atom is -0.317 e. The lowest BCUT2D eigenvalue weighted by Gasteiger charge is -2.50. The summed E-state index contributed by atoms with van der Waals surface area (Å²) < 4.78 is 0. The van der Waals surface area contributed by atoms with Crippen molar-refractivity contribution in [3.63, 3.8) is 0 Å². The van der Waals surface area contributed by atoms with Crippen LogP contribution in [0.25, 0.3) is 0 Å². The first-order valence-electron chi connectivity index (χ1n) is 8.19. The van der Waals surface area contributed by atoms with Gasteiger partial charge >= 0.3 is 0 Å². The first kappa shape index (κ1) is 12.9. The van der Waals surface area contributed by atoms with Crippen molar-refractivity contribution >= 4 is 0 Å². The van der Waals surface area contributed by atoms with E-state index in [2.05, 4.69) is 24.2 Å². The Labute approximate surface area is 113 Å². The molecule has 3 aliphatic rings. The zero-order valence-electron chi connectivity index (χ0n) is 12.2. The molecular weight excluding hydrogens is 220 g/mol. The van der Waals surface area contributed by atoms with Gasteiger partial charge in [0.15, 0.2) is 0 Å². The molecular formula is C16H30N2. The van der Waals surface area contributed by atoms with Gasteiger partial charge < -0.3 is 5.32 Å². The molecule has 18 heavy (non-hydrogen) atoms. The van der Waals surface area contributed by atoms with Crippen LogP contribution >= 0.6 is 0 Å². The monoisotopic (exact) mass is 250 g/mol. The van der Waals surface area contributed by atoms with Crippen LogP contribution < -0.4 is 5.32 Å². The second-order valence-electron chi connectivity index (χ2n) is 7.18. The maximum atomic E-state index is 3.53. The highest BCUT2D eigenvalue weighted by atomic mass is 15.2. The van der Waals surface area contributed by atoms with Gasteiger partial charge in [-0.25, -0.2) is 0 Å². The molecule has 0 radical (unpaired) electrons. The van der Waals surface area contributed by atoms with E-state index in [0.717, 1.165) is 30.0 Å². The molecule has 0 aromatic carbocycles. The van der Waals surface area contributed by atoms with E-state index in [1.807, 2.05) is 0 Å². The van der Waals surface area contributed by atoms with Crippen LogP contribution in [0.4, 0.5) is 0 Å². The predicted octanol–water partition coefficient (Wildman–Crippen LogP) is 3.03. The van der Waals surface area contributed by atoms with Crippen molar-refractivity contribution in [1.29, 1.82) is 0 Å². The second-order valence-corrected chi connectivity index (χ2v) is 7.18. The molecule has 3 fully saturated rings. The van der Waals surface area contributed by atoms with Gasteiger partial charge in [0, 0.05) is 24.7 Å². The Balaban J connectivity index is 1.61. The van der Waals surface area contributed by atoms with Gasteiger partial charge in [-0.05, 0) is 57.4 Å². The summed E-state index contributed by atoms with van der Waals surface area (Å²) >= 11 is 0. The highest BCUT2D eigenvalue weighted by Gasteiger charge is 2.39. The van der Waals surface area contributed by atoms with Gasteiger partial charge in [0.25, 0.3) is 0 Å². The van der Waals surface area contributed by atoms with Crippen LogP contribution in [0.15, 0.2) is 0 Å². The summed E-state index contributed by atoms with van der Waals surface area (Å²) in [6, 6.07) is 2.58. The first-order chi connectivity index (χ1) is 8.76. The maximum Gasteiger partial charge on any atom is 0.0113 e. The van der Waals surface area contributed by atoms with Crippen molar-refractivity contribution in [3.8, 4) is 0 Å². The predicted molar refractivity (Wildman–Crippen MR) is 76.7 cm³/mol. The van der Waals surface area contributed by atoms with E-state index in [9.17, 15) is 0 Å². The van der Waals surface area contributed by atoms with Crippen molar-refractivity contribution in [2.75, 3.05) is 13.6 Å². The molecule has 1 aliphatic carbocycles. The SMILES string of the molecule is CNC1CC2CCCC(C1)N2CC1CCC(C)C1. The number of hydrogen-bond acceptors (Lipinski definition) is 2. The zero-order chi connectivity index (χ0) is 12.5. The van der Waals surface area contributed by atoms with Gasteiger partial charge in [-0.2, -0.15) is 0 Å². The van der Waals surface area contributed by atoms with E-state index >= 15 is 0 Å². The van der Waals surface area contributed by atoms with Crippen LogP contribution in [0, 0.1) is 11.8 Å². The van der Waals surface area contributed by atoms with Crippen LogP contribution in [0.3, 0.4) is 0 Å². The van der Waals surface area contributed by atoms with Crippen molar-refractivity contribution < 1.29 is 0 Å². The van der Waals surface area contributed by atoms with E-state index in [1.165, 1.54) is 57.9 Å². The quantitative estimate of drug-likeness (QED) is 0.828. The summed E-state index contributed by atoms with van der Waals surface area (Å²) in [6.07, 6.45) is 11.6. The molecule has 0 amide bonds. The van der Waals surface area contributed by atoms with Crippen molar-refractivity contribution in [2.24, 2.45) is 11.8 Å². The summed E-state index contributed by atoms with van der Waals surface area (Å²) in [5.74, 6) is 2.00. The highest BCUT2D eigenvalue weighted by Crippen LogP contribution is 2.38. The van der Waals surface area contributed by atoms with E-state index < -0.39 is 0 Å². The van der Waals surface area contributed by atoms with Gasteiger partial charge in [-0.3, -0.25) is 4.90 Å². The van der Waals surface area contributed by atoms with E-state index in [-0.39, 0.29) is 0 Å². The number of piperidine rings is 2. The average Bonchev–Trinajstić information content (AvgIpc) is 2.74. The third-order valence-electron chi connectivity index (χ3n) is 5.81. The topological polar surface area (TPSA) is 15.3 Å². The maximum absolute atomic E-state index is 3.53. The minimum atomic E-state index is 0.791. The Morgan fingerprint density at radius 3 is 2.28 bits per heavy atom. The fourth-order valence-electron chi connectivity index (χ4n) is 4.80. The molecule has 0 aromatic rings. The largest absolute Gasteiger partial charge is 0.317 e. The lowest BCUT2D eigenvalue weighted by molar-refractivity contribution is 0.0138. The number of nitrogens with one attached hydrogen (secondary N) is 1. The Morgan fingerprint density at radius 1 is 1.00 bits per heavy atom. The molecule has 1 saturated carbocycles. The van der Waals surface area contributed by atoms with Gasteiger partial charge in [0.1, 0.15) is 0 Å². The molecule has 2 nitrogen and oxygen atoms in total. The summed E-state index contributed by atoms with van der Waals surface area (Å²) in [5.41, 5.74) is 0. The summed E-state index contributed by atoms with van der Waals surface area (Å²) in [7, 11) is 2.15. The Hall–Kier alpha value is -0.0800. The van der Waals surface area contributed by atoms with Crippen molar-refractivity contribution in [3.05, 3.63) is 0 Å². The first-order valence-corrected chi connectivity index (χ1v) is 8.19. The molecule has 2 heteroatoms. The van der Waals surface area contributed by atoms with Crippen LogP contribution in [0.1, 0.15) is 58.3 Å². The van der Waals surface area contributed by atoms with Crippen LogP contribution in [-0.2, 0) is 0 Å². The van der Waals surface area contributed by atoms with Gasteiger partial charge in [-0.15, -0.1) is 0 Å². The van der Waals surface area contributed by atoms with Crippen LogP contribution in [0.2, 0.25) is 0 Å². The standard InChI is InChI=1S/C16H30N2/c1-12-6-7-13(8-12)11-18-15-4-3-5-16(18)10-14(9-15)17-2/h12-17H,3-11H2,1-2H3. The van der Waals surface area contributed by atoms with Crippen LogP contribution in [0.5, 0.6) is 0 Å². The molecule has 3 rings (SSSR count). The fraction of sp³-hybridized carbons (Fsp3) is 1.00. The number of rotatable bonds is 3. The number of hydrogen-bond donors (Lipinski definition) is 1. The number of fused-ring (bicyclic) bond motifs is 2. The van der Waals surface area contributed by atoms with Crippen molar-refractivity contribution in [1.82, 2.24) is 10.2 Å². The van der Waals surface area contributed by atoms with E-state index in [0.29, 0.717) is 0 Å². The van der Waals surface area contributed by atoms with E-state index in [4.69, 9.17) is 0 Å². The molecule has 0 spiro atoms. The average molecular weight is 250 g/mol. The molecule has 2 heterocycles. The normalized spacial score (nSPS) is 45.3. The van der Waals surface area contributed by atoms with Gasteiger partial charge in [0.2, 0.25) is 0 Å². The number of nitrogens with zero attached hydrogens (tertiary/aromatic N) is 1. The summed E-state index contributed by atoms with van der Waals surface area (Å²) in [5, 5.41) is 3.53. The third kappa shape index (κ3) is 2.60. The molecule has 0 aromatic heterocycles. The molecule has 104 valence electrons. The molecule has 2 bridgehead atoms. The van der Waals surface area contributed by atoms with Crippen LogP contribution in [-0.4, -0.2) is 36.6 Å². The highest BCUT2D eigenvalue weighted by molar-refractivity contribution is 4.95.